The summed E-state index contributed by atoms with van der Waals surface area (Å²) in [7, 11) is 1.34. The van der Waals surface area contributed by atoms with Gasteiger partial charge in [0.05, 0.1) is 38.1 Å². The van der Waals surface area contributed by atoms with E-state index in [1.807, 2.05) is 0 Å². The van der Waals surface area contributed by atoms with E-state index < -0.39 is 12.0 Å². The summed E-state index contributed by atoms with van der Waals surface area (Å²) in [5, 5.41) is 38.9. The quantitative estimate of drug-likeness (QED) is 0.477. The zero-order chi connectivity index (χ0) is 22.4. The van der Waals surface area contributed by atoms with Crippen LogP contribution in [0.2, 0.25) is 5.02 Å². The molecular weight excluding hydrogens is 420 g/mol. The lowest BCUT2D eigenvalue weighted by molar-refractivity contribution is 0.0988. The minimum absolute atomic E-state index is 0.0253. The molecule has 0 radical (unpaired) electrons. The van der Waals surface area contributed by atoms with E-state index in [1.54, 1.807) is 13.8 Å². The number of anilines is 2. The van der Waals surface area contributed by atoms with Crippen molar-refractivity contribution >= 4 is 35.0 Å². The van der Waals surface area contributed by atoms with Crippen molar-refractivity contribution in [2.75, 3.05) is 25.6 Å². The van der Waals surface area contributed by atoms with Gasteiger partial charge in [0.2, 0.25) is 5.88 Å². The Labute approximate surface area is 176 Å². The normalized spacial score (nSPS) is 11.0. The number of ether oxygens (including phenoxy) is 2. The molecule has 1 aromatic heterocycles. The fourth-order valence-corrected chi connectivity index (χ4v) is 2.83. The number of nitrogens with one attached hydrogen (secondary N) is 1. The summed E-state index contributed by atoms with van der Waals surface area (Å²) in [5.74, 6) is -1.48. The Morgan fingerprint density at radius 1 is 1.27 bits per heavy atom. The van der Waals surface area contributed by atoms with Gasteiger partial charge in [-0.1, -0.05) is 21.8 Å². The predicted octanol–water partition coefficient (Wildman–Crippen LogP) is 3.35. The minimum Gasteiger partial charge on any atom is -0.494 e. The van der Waals surface area contributed by atoms with Gasteiger partial charge < -0.3 is 30.1 Å². The first-order chi connectivity index (χ1) is 14.2. The highest BCUT2D eigenvalue weighted by atomic mass is 35.5. The number of aliphatic hydroxyl groups excluding tert-OH is 1. The van der Waals surface area contributed by atoms with Crippen molar-refractivity contribution in [2.45, 2.75) is 20.4 Å². The van der Waals surface area contributed by atoms with Crippen LogP contribution in [0.15, 0.2) is 22.4 Å². The molecule has 0 aliphatic heterocycles. The highest BCUT2D eigenvalue weighted by Crippen LogP contribution is 2.41. The van der Waals surface area contributed by atoms with Gasteiger partial charge in [-0.2, -0.15) is 0 Å². The van der Waals surface area contributed by atoms with Crippen LogP contribution in [0.3, 0.4) is 0 Å². The summed E-state index contributed by atoms with van der Waals surface area (Å²) in [6.07, 6.45) is -1.03. The highest BCUT2D eigenvalue weighted by Gasteiger charge is 2.24. The topological polar surface area (TPSA) is 155 Å². The molecule has 0 fully saturated rings. The van der Waals surface area contributed by atoms with Gasteiger partial charge in [-0.15, -0.1) is 0 Å². The van der Waals surface area contributed by atoms with Crippen LogP contribution < -0.4 is 10.1 Å². The molecule has 0 spiro atoms. The second-order valence-electron chi connectivity index (χ2n) is 5.88. The van der Waals surface area contributed by atoms with Crippen molar-refractivity contribution in [3.63, 3.8) is 0 Å². The van der Waals surface area contributed by atoms with Crippen molar-refractivity contribution in [1.29, 1.82) is 0 Å². The van der Waals surface area contributed by atoms with Crippen LogP contribution in [0.5, 0.6) is 17.5 Å². The van der Waals surface area contributed by atoms with E-state index in [4.69, 9.17) is 21.4 Å². The van der Waals surface area contributed by atoms with E-state index in [-0.39, 0.29) is 59.2 Å². The number of hydrogen-bond acceptors (Lipinski definition) is 8. The number of carbonyl (C=O) groups is 2. The van der Waals surface area contributed by atoms with Gasteiger partial charge >= 0.3 is 6.09 Å². The minimum atomic E-state index is -1.03. The zero-order valence-electron chi connectivity index (χ0n) is 16.5. The molecule has 2 rings (SSSR count). The van der Waals surface area contributed by atoms with Crippen molar-refractivity contribution in [3.8, 4) is 17.5 Å². The standard InChI is InChI=1S/C18H21ClN4O7/c1-4-30-18(28)22-21-16(26)14-9(2)10(19)7-12(29-3)15(14)20-11-8-13(25)23(5-6-24)17(11)27/h7-8,20,24-25,27H,4-6H2,1-3H3. The van der Waals surface area contributed by atoms with E-state index in [9.17, 15) is 19.8 Å². The van der Waals surface area contributed by atoms with Crippen LogP contribution in [0, 0.1) is 6.92 Å². The maximum absolute atomic E-state index is 12.7. The van der Waals surface area contributed by atoms with Crippen LogP contribution in [0.25, 0.3) is 0 Å². The van der Waals surface area contributed by atoms with Crippen LogP contribution >= 0.6 is 11.6 Å². The molecule has 2 amide bonds. The lowest BCUT2D eigenvalue weighted by Crippen LogP contribution is -2.08. The number of aromatic hydroxyl groups is 2. The monoisotopic (exact) mass is 440 g/mol. The van der Waals surface area contributed by atoms with E-state index >= 15 is 0 Å². The van der Waals surface area contributed by atoms with Crippen molar-refractivity contribution < 1.29 is 34.4 Å². The summed E-state index contributed by atoms with van der Waals surface area (Å²) >= 11 is 6.19. The number of aliphatic hydroxyl groups is 1. The zero-order valence-corrected chi connectivity index (χ0v) is 17.2. The van der Waals surface area contributed by atoms with Gasteiger partial charge in [0, 0.05) is 17.2 Å². The van der Waals surface area contributed by atoms with Crippen molar-refractivity contribution in [3.05, 3.63) is 28.3 Å². The van der Waals surface area contributed by atoms with Crippen molar-refractivity contribution in [2.24, 2.45) is 10.2 Å². The summed E-state index contributed by atoms with van der Waals surface area (Å²) in [6, 6.07) is 2.64. The molecule has 1 aromatic carbocycles. The van der Waals surface area contributed by atoms with Gasteiger partial charge in [0.15, 0.2) is 5.88 Å². The smallest absolute Gasteiger partial charge is 0.452 e. The maximum Gasteiger partial charge on any atom is 0.452 e. The average Bonchev–Trinajstić information content (AvgIpc) is 2.97. The summed E-state index contributed by atoms with van der Waals surface area (Å²) in [6.45, 7) is 2.81. The molecular formula is C18H21ClN4O7. The molecule has 4 N–H and O–H groups in total. The SMILES string of the molecule is CCOC(=O)N=NC(=O)c1c(C)c(Cl)cc(OC)c1Nc1cc(O)n(CCO)c1O. The molecule has 0 atom stereocenters. The molecule has 1 heterocycles. The molecule has 0 saturated carbocycles. The number of azo groups is 1. The third-order valence-electron chi connectivity index (χ3n) is 4.04. The summed E-state index contributed by atoms with van der Waals surface area (Å²) in [4.78, 5) is 24.1. The third-order valence-corrected chi connectivity index (χ3v) is 4.43. The molecule has 0 bridgehead atoms. The van der Waals surface area contributed by atoms with Crippen LogP contribution in [-0.4, -0.2) is 52.2 Å². The van der Waals surface area contributed by atoms with E-state index in [0.29, 0.717) is 5.56 Å². The van der Waals surface area contributed by atoms with Gasteiger partial charge in [-0.25, -0.2) is 4.79 Å². The molecule has 162 valence electrons. The Balaban J connectivity index is 2.56. The maximum atomic E-state index is 12.7. The first-order valence-electron chi connectivity index (χ1n) is 8.74. The molecule has 11 nitrogen and oxygen atoms in total. The third kappa shape index (κ3) is 4.81. The van der Waals surface area contributed by atoms with Gasteiger partial charge in [-0.05, 0) is 19.4 Å². The largest absolute Gasteiger partial charge is 0.494 e. The number of aromatic nitrogens is 1. The Morgan fingerprint density at radius 2 is 1.97 bits per heavy atom. The number of hydrogen-bond donors (Lipinski definition) is 4. The van der Waals surface area contributed by atoms with Crippen LogP contribution in [0.4, 0.5) is 16.2 Å². The highest BCUT2D eigenvalue weighted by molar-refractivity contribution is 6.32. The lowest BCUT2D eigenvalue weighted by atomic mass is 10.0. The van der Waals surface area contributed by atoms with E-state index in [1.165, 1.54) is 19.2 Å². The average molecular weight is 441 g/mol. The van der Waals surface area contributed by atoms with E-state index in [2.05, 4.69) is 20.3 Å². The summed E-state index contributed by atoms with van der Waals surface area (Å²) < 4.78 is 10.9. The Kier molecular flexibility index (Phi) is 7.61. The second-order valence-corrected chi connectivity index (χ2v) is 6.29. The number of halogens is 1. The lowest BCUT2D eigenvalue weighted by Gasteiger charge is -2.17. The number of rotatable bonds is 7. The molecule has 2 aromatic rings. The fourth-order valence-electron chi connectivity index (χ4n) is 2.64. The number of methoxy groups -OCH3 is 1. The first kappa shape index (κ1) is 23.0. The Bertz CT molecular complexity index is 988. The van der Waals surface area contributed by atoms with Crippen molar-refractivity contribution in [1.82, 2.24) is 4.57 Å². The summed E-state index contributed by atoms with van der Waals surface area (Å²) in [5.41, 5.74) is 0.341. The van der Waals surface area contributed by atoms with E-state index in [0.717, 1.165) is 4.57 Å². The molecule has 0 aliphatic rings. The molecule has 0 unspecified atom stereocenters. The van der Waals surface area contributed by atoms with Crippen LogP contribution in [0.1, 0.15) is 22.8 Å². The first-order valence-corrected chi connectivity index (χ1v) is 9.12. The molecule has 30 heavy (non-hydrogen) atoms. The Hall–Kier alpha value is -3.31. The van der Waals surface area contributed by atoms with Gasteiger partial charge in [0.1, 0.15) is 11.4 Å². The fraction of sp³-hybridized carbons (Fsp3) is 0.333. The number of amides is 2. The second kappa shape index (κ2) is 9.94. The van der Waals surface area contributed by atoms with Gasteiger partial charge in [-0.3, -0.25) is 9.36 Å². The molecule has 0 aliphatic carbocycles. The number of benzene rings is 1. The number of carbonyl (C=O) groups excluding carboxylic acids is 2. The Morgan fingerprint density at radius 3 is 2.57 bits per heavy atom. The van der Waals surface area contributed by atoms with Gasteiger partial charge in [0.25, 0.3) is 5.91 Å². The van der Waals surface area contributed by atoms with Crippen LogP contribution in [-0.2, 0) is 11.3 Å². The number of nitrogens with zero attached hydrogens (tertiary/aromatic N) is 3. The molecule has 0 saturated heterocycles. The predicted molar refractivity (Wildman–Crippen MR) is 107 cm³/mol. The molecule has 12 heteroatoms.